The van der Waals surface area contributed by atoms with E-state index in [4.69, 9.17) is 5.26 Å². The number of aromatic nitrogens is 2. The van der Waals surface area contributed by atoms with Gasteiger partial charge < -0.3 is 4.98 Å². The molecule has 0 spiro atoms. The molecule has 4 rings (SSSR count). The number of hydrogen-bond acceptors (Lipinski definition) is 5. The van der Waals surface area contributed by atoms with Gasteiger partial charge in [0, 0.05) is 10.6 Å². The first-order chi connectivity index (χ1) is 11.2. The zero-order valence-electron chi connectivity index (χ0n) is 12.3. The first-order valence-corrected chi connectivity index (χ1v) is 9.21. The van der Waals surface area contributed by atoms with Crippen LogP contribution in [0.3, 0.4) is 0 Å². The predicted octanol–water partition coefficient (Wildman–Crippen LogP) is 3.64. The van der Waals surface area contributed by atoms with Crippen molar-refractivity contribution in [3.05, 3.63) is 56.2 Å². The number of thioether (sulfide) groups is 1. The molecule has 0 bridgehead atoms. The highest BCUT2D eigenvalue weighted by atomic mass is 32.2. The Morgan fingerprint density at radius 3 is 3.17 bits per heavy atom. The van der Waals surface area contributed by atoms with Crippen molar-refractivity contribution >= 4 is 33.3 Å². The van der Waals surface area contributed by atoms with E-state index in [1.165, 1.54) is 22.2 Å². The Labute approximate surface area is 141 Å². The maximum atomic E-state index is 12.4. The lowest BCUT2D eigenvalue weighted by molar-refractivity contribution is 0.914. The molecule has 1 aliphatic carbocycles. The topological polar surface area (TPSA) is 69.5 Å². The second-order valence-corrected chi connectivity index (χ2v) is 7.56. The molecule has 0 saturated heterocycles. The quantitative estimate of drug-likeness (QED) is 0.584. The molecule has 0 fully saturated rings. The Balaban J connectivity index is 1.62. The third kappa shape index (κ3) is 2.67. The van der Waals surface area contributed by atoms with Gasteiger partial charge in [-0.1, -0.05) is 23.9 Å². The lowest BCUT2D eigenvalue weighted by Gasteiger charge is -2.02. The number of fused-ring (bicyclic) bond motifs is 3. The van der Waals surface area contributed by atoms with E-state index in [0.717, 1.165) is 35.0 Å². The third-order valence-corrected chi connectivity index (χ3v) is 6.12. The van der Waals surface area contributed by atoms with E-state index in [2.05, 4.69) is 16.0 Å². The van der Waals surface area contributed by atoms with Crippen LogP contribution in [0.5, 0.6) is 0 Å². The van der Waals surface area contributed by atoms with E-state index < -0.39 is 0 Å². The molecule has 0 unspecified atom stereocenters. The minimum absolute atomic E-state index is 0.0253. The van der Waals surface area contributed by atoms with Crippen LogP contribution in [-0.2, 0) is 18.6 Å². The number of rotatable bonds is 3. The average Bonchev–Trinajstić information content (AvgIpc) is 3.13. The molecule has 3 aromatic rings. The second-order valence-electron chi connectivity index (χ2n) is 5.51. The van der Waals surface area contributed by atoms with Gasteiger partial charge in [-0.2, -0.15) is 5.26 Å². The summed E-state index contributed by atoms with van der Waals surface area (Å²) in [5.41, 5.74) is 2.87. The Hall–Kier alpha value is -2.10. The first-order valence-electron chi connectivity index (χ1n) is 7.41. The molecule has 2 aromatic heterocycles. The van der Waals surface area contributed by atoms with Crippen LogP contribution in [0.4, 0.5) is 0 Å². The van der Waals surface area contributed by atoms with Crippen LogP contribution < -0.4 is 5.56 Å². The van der Waals surface area contributed by atoms with Crippen molar-refractivity contribution < 1.29 is 0 Å². The highest BCUT2D eigenvalue weighted by Crippen LogP contribution is 2.35. The summed E-state index contributed by atoms with van der Waals surface area (Å²) in [5, 5.41) is 10.4. The molecule has 1 aliphatic rings. The van der Waals surface area contributed by atoms with Crippen LogP contribution in [0.15, 0.2) is 34.2 Å². The van der Waals surface area contributed by atoms with Crippen LogP contribution in [0, 0.1) is 11.3 Å². The number of hydrogen-bond donors (Lipinski definition) is 1. The van der Waals surface area contributed by atoms with E-state index in [-0.39, 0.29) is 5.56 Å². The van der Waals surface area contributed by atoms with E-state index in [0.29, 0.717) is 16.5 Å². The molecule has 1 aromatic carbocycles. The van der Waals surface area contributed by atoms with Crippen LogP contribution in [0.1, 0.15) is 28.0 Å². The van der Waals surface area contributed by atoms with Gasteiger partial charge in [0.05, 0.1) is 17.0 Å². The van der Waals surface area contributed by atoms with Crippen molar-refractivity contribution in [2.24, 2.45) is 0 Å². The lowest BCUT2D eigenvalue weighted by Crippen LogP contribution is -2.09. The number of nitrogens with zero attached hydrogens (tertiary/aromatic N) is 2. The summed E-state index contributed by atoms with van der Waals surface area (Å²) in [4.78, 5) is 22.1. The number of aromatic amines is 1. The zero-order chi connectivity index (χ0) is 15.8. The summed E-state index contributed by atoms with van der Waals surface area (Å²) in [6.45, 7) is 0. The number of nitriles is 1. The lowest BCUT2D eigenvalue weighted by atomic mass is 10.2. The Morgan fingerprint density at radius 1 is 1.39 bits per heavy atom. The van der Waals surface area contributed by atoms with Gasteiger partial charge in [-0.05, 0) is 42.5 Å². The molecule has 2 heterocycles. The Kier molecular flexibility index (Phi) is 3.68. The summed E-state index contributed by atoms with van der Waals surface area (Å²) in [7, 11) is 0. The molecular weight excluding hydrogens is 326 g/mol. The number of thiophene rings is 1. The van der Waals surface area contributed by atoms with Crippen LogP contribution in [-0.4, -0.2) is 9.97 Å². The van der Waals surface area contributed by atoms with Crippen molar-refractivity contribution in [3.8, 4) is 6.07 Å². The van der Waals surface area contributed by atoms with E-state index in [1.54, 1.807) is 17.4 Å². The molecule has 0 amide bonds. The second kappa shape index (κ2) is 5.84. The molecule has 4 nitrogen and oxygen atoms in total. The molecule has 0 saturated carbocycles. The summed E-state index contributed by atoms with van der Waals surface area (Å²) >= 11 is 3.15. The zero-order valence-corrected chi connectivity index (χ0v) is 13.9. The van der Waals surface area contributed by atoms with Gasteiger partial charge in [0.15, 0.2) is 5.16 Å². The van der Waals surface area contributed by atoms with Crippen LogP contribution >= 0.6 is 23.1 Å². The molecular formula is C17H13N3OS2. The molecule has 0 atom stereocenters. The standard InChI is InChI=1S/C17H13N3OS2/c18-8-10-3-1-4-11(7-10)9-22-17-19-15(21)14-12-5-2-6-13(12)23-16(14)20-17/h1,3-4,7H,2,5-6,9H2,(H,19,20,21). The molecule has 114 valence electrons. The Bertz CT molecular complexity index is 997. The van der Waals surface area contributed by atoms with Crippen molar-refractivity contribution in [1.82, 2.24) is 9.97 Å². The fourth-order valence-corrected chi connectivity index (χ4v) is 5.06. The van der Waals surface area contributed by atoms with Gasteiger partial charge in [0.2, 0.25) is 0 Å². The highest BCUT2D eigenvalue weighted by molar-refractivity contribution is 7.98. The summed E-state index contributed by atoms with van der Waals surface area (Å²) in [6.07, 6.45) is 3.20. The fraction of sp³-hybridized carbons (Fsp3) is 0.235. The van der Waals surface area contributed by atoms with Gasteiger partial charge in [0.25, 0.3) is 5.56 Å². The number of H-pyrrole nitrogens is 1. The van der Waals surface area contributed by atoms with E-state index in [9.17, 15) is 4.79 Å². The summed E-state index contributed by atoms with van der Waals surface area (Å²) in [5.74, 6) is 0.676. The number of benzene rings is 1. The maximum Gasteiger partial charge on any atom is 0.260 e. The molecule has 0 radical (unpaired) electrons. The van der Waals surface area contributed by atoms with Crippen molar-refractivity contribution in [2.45, 2.75) is 30.2 Å². The van der Waals surface area contributed by atoms with Gasteiger partial charge in [0.1, 0.15) is 4.83 Å². The molecule has 23 heavy (non-hydrogen) atoms. The third-order valence-electron chi connectivity index (χ3n) is 3.98. The van der Waals surface area contributed by atoms with Gasteiger partial charge >= 0.3 is 0 Å². The fourth-order valence-electron chi connectivity index (χ4n) is 2.93. The van der Waals surface area contributed by atoms with Crippen LogP contribution in [0.25, 0.3) is 10.2 Å². The van der Waals surface area contributed by atoms with Crippen molar-refractivity contribution in [2.75, 3.05) is 0 Å². The van der Waals surface area contributed by atoms with Gasteiger partial charge in [-0.3, -0.25) is 4.79 Å². The predicted molar refractivity (Wildman–Crippen MR) is 93.0 cm³/mol. The van der Waals surface area contributed by atoms with Crippen molar-refractivity contribution in [1.29, 1.82) is 5.26 Å². The van der Waals surface area contributed by atoms with Gasteiger partial charge in [-0.25, -0.2) is 4.98 Å². The number of nitrogens with one attached hydrogen (secondary N) is 1. The highest BCUT2D eigenvalue weighted by Gasteiger charge is 2.21. The first kappa shape index (κ1) is 14.5. The minimum Gasteiger partial charge on any atom is -0.301 e. The van der Waals surface area contributed by atoms with Crippen LogP contribution in [0.2, 0.25) is 0 Å². The molecule has 1 N–H and O–H groups in total. The summed E-state index contributed by atoms with van der Waals surface area (Å²) < 4.78 is 0. The molecule has 0 aliphatic heterocycles. The Morgan fingerprint density at radius 2 is 2.30 bits per heavy atom. The maximum absolute atomic E-state index is 12.4. The van der Waals surface area contributed by atoms with E-state index >= 15 is 0 Å². The minimum atomic E-state index is -0.0253. The summed E-state index contributed by atoms with van der Waals surface area (Å²) in [6, 6.07) is 9.64. The number of aryl methyl sites for hydroxylation is 2. The largest absolute Gasteiger partial charge is 0.301 e. The van der Waals surface area contributed by atoms with Crippen molar-refractivity contribution in [3.63, 3.8) is 0 Å². The monoisotopic (exact) mass is 339 g/mol. The average molecular weight is 339 g/mol. The van der Waals surface area contributed by atoms with Gasteiger partial charge in [-0.15, -0.1) is 11.3 Å². The van der Waals surface area contributed by atoms with E-state index in [1.807, 2.05) is 18.2 Å². The SMILES string of the molecule is N#Cc1cccc(CSc2nc3sc4c(c3c(=O)[nH]2)CCC4)c1. The smallest absolute Gasteiger partial charge is 0.260 e. The molecule has 6 heteroatoms. The normalized spacial score (nSPS) is 13.2.